The molecule has 0 aliphatic carbocycles. The largest absolute Gasteiger partial charge is 0.308 e. The van der Waals surface area contributed by atoms with E-state index in [-0.39, 0.29) is 0 Å². The summed E-state index contributed by atoms with van der Waals surface area (Å²) in [5, 5.41) is 4.58. The van der Waals surface area contributed by atoms with Gasteiger partial charge in [0.1, 0.15) is 5.82 Å². The van der Waals surface area contributed by atoms with Crippen LogP contribution in [-0.2, 0) is 0 Å². The lowest BCUT2D eigenvalue weighted by Crippen LogP contribution is -2.09. The SMILES string of the molecule is NNc1cccc(-n2cc(Cl)cn2)n1. The summed E-state index contributed by atoms with van der Waals surface area (Å²) in [5.74, 6) is 6.47. The summed E-state index contributed by atoms with van der Waals surface area (Å²) in [6.07, 6.45) is 3.22. The van der Waals surface area contributed by atoms with Crippen LogP contribution in [0.25, 0.3) is 5.82 Å². The van der Waals surface area contributed by atoms with Crippen LogP contribution in [0.4, 0.5) is 5.82 Å². The lowest BCUT2D eigenvalue weighted by molar-refractivity contribution is 0.847. The smallest absolute Gasteiger partial charge is 0.155 e. The van der Waals surface area contributed by atoms with Crippen molar-refractivity contribution >= 4 is 17.4 Å². The molecule has 2 heterocycles. The van der Waals surface area contributed by atoms with Crippen molar-refractivity contribution in [3.63, 3.8) is 0 Å². The fourth-order valence-electron chi connectivity index (χ4n) is 1.06. The molecule has 0 aromatic carbocycles. The Morgan fingerprint density at radius 1 is 1.43 bits per heavy atom. The average molecular weight is 210 g/mol. The predicted molar refractivity (Wildman–Crippen MR) is 54.2 cm³/mol. The summed E-state index contributed by atoms with van der Waals surface area (Å²) in [7, 11) is 0. The van der Waals surface area contributed by atoms with Gasteiger partial charge >= 0.3 is 0 Å². The molecule has 0 bridgehead atoms. The maximum absolute atomic E-state index is 5.73. The Bertz CT molecular complexity index is 439. The molecule has 3 N–H and O–H groups in total. The molecule has 0 amide bonds. The topological polar surface area (TPSA) is 68.8 Å². The number of anilines is 1. The van der Waals surface area contributed by atoms with Gasteiger partial charge in [-0.1, -0.05) is 17.7 Å². The lowest BCUT2D eigenvalue weighted by atomic mass is 10.4. The van der Waals surface area contributed by atoms with Gasteiger partial charge in [0.05, 0.1) is 17.4 Å². The third-order valence-corrected chi connectivity index (χ3v) is 1.86. The molecular weight excluding hydrogens is 202 g/mol. The van der Waals surface area contributed by atoms with E-state index in [9.17, 15) is 0 Å². The van der Waals surface area contributed by atoms with Crippen molar-refractivity contribution in [2.45, 2.75) is 0 Å². The molecule has 0 fully saturated rings. The maximum Gasteiger partial charge on any atom is 0.155 e. The molecule has 0 atom stereocenters. The van der Waals surface area contributed by atoms with E-state index in [1.165, 1.54) is 0 Å². The Morgan fingerprint density at radius 2 is 2.29 bits per heavy atom. The van der Waals surface area contributed by atoms with Crippen molar-refractivity contribution in [2.75, 3.05) is 5.43 Å². The molecule has 0 saturated heterocycles. The number of hydrogen-bond acceptors (Lipinski definition) is 4. The zero-order valence-corrected chi connectivity index (χ0v) is 7.94. The first kappa shape index (κ1) is 8.98. The molecule has 0 radical (unpaired) electrons. The second-order valence-electron chi connectivity index (χ2n) is 2.63. The summed E-state index contributed by atoms with van der Waals surface area (Å²) >= 11 is 5.73. The van der Waals surface area contributed by atoms with Crippen molar-refractivity contribution in [2.24, 2.45) is 5.84 Å². The van der Waals surface area contributed by atoms with Gasteiger partial charge in [-0.05, 0) is 12.1 Å². The number of nitrogens with one attached hydrogen (secondary N) is 1. The molecular formula is C8H8ClN5. The Labute approximate surface area is 85.5 Å². The molecule has 0 aliphatic rings. The minimum absolute atomic E-state index is 0.568. The minimum Gasteiger partial charge on any atom is -0.308 e. The number of hydrazine groups is 1. The van der Waals surface area contributed by atoms with E-state index in [1.807, 2.05) is 12.1 Å². The van der Waals surface area contributed by atoms with E-state index in [0.717, 1.165) is 0 Å². The number of halogens is 1. The number of nitrogens with zero attached hydrogens (tertiary/aromatic N) is 3. The van der Waals surface area contributed by atoms with Crippen LogP contribution in [0, 0.1) is 0 Å². The first-order valence-electron chi connectivity index (χ1n) is 3.94. The predicted octanol–water partition coefficient (Wildman–Crippen LogP) is 1.21. The van der Waals surface area contributed by atoms with Crippen molar-refractivity contribution in [3.8, 4) is 5.82 Å². The highest BCUT2D eigenvalue weighted by molar-refractivity contribution is 6.30. The van der Waals surface area contributed by atoms with Gasteiger partial charge in [-0.2, -0.15) is 5.10 Å². The summed E-state index contributed by atoms with van der Waals surface area (Å²) in [6.45, 7) is 0. The highest BCUT2D eigenvalue weighted by Crippen LogP contribution is 2.11. The third kappa shape index (κ3) is 1.68. The molecule has 0 unspecified atom stereocenters. The van der Waals surface area contributed by atoms with Crippen LogP contribution in [0.2, 0.25) is 5.02 Å². The van der Waals surface area contributed by atoms with Gasteiger partial charge in [-0.25, -0.2) is 15.5 Å². The molecule has 72 valence electrons. The van der Waals surface area contributed by atoms with Gasteiger partial charge < -0.3 is 5.43 Å². The Kier molecular flexibility index (Phi) is 2.34. The monoisotopic (exact) mass is 209 g/mol. The normalized spacial score (nSPS) is 10.1. The second-order valence-corrected chi connectivity index (χ2v) is 3.06. The summed E-state index contributed by atoms with van der Waals surface area (Å²) < 4.78 is 1.57. The Hall–Kier alpha value is -1.59. The summed E-state index contributed by atoms with van der Waals surface area (Å²) in [6, 6.07) is 5.39. The number of aromatic nitrogens is 3. The van der Waals surface area contributed by atoms with Gasteiger partial charge in [0.15, 0.2) is 5.82 Å². The highest BCUT2D eigenvalue weighted by Gasteiger charge is 2.00. The van der Waals surface area contributed by atoms with Crippen LogP contribution in [0.1, 0.15) is 0 Å². The zero-order chi connectivity index (χ0) is 9.97. The number of pyridine rings is 1. The zero-order valence-electron chi connectivity index (χ0n) is 7.18. The number of nitrogens with two attached hydrogens (primary N) is 1. The van der Waals surface area contributed by atoms with Crippen LogP contribution in [0.15, 0.2) is 30.6 Å². The molecule has 5 nitrogen and oxygen atoms in total. The fraction of sp³-hybridized carbons (Fsp3) is 0. The summed E-state index contributed by atoms with van der Waals surface area (Å²) in [4.78, 5) is 4.18. The number of rotatable bonds is 2. The van der Waals surface area contributed by atoms with Gasteiger partial charge in [0.2, 0.25) is 0 Å². The average Bonchev–Trinajstić information content (AvgIpc) is 2.65. The van der Waals surface area contributed by atoms with Crippen LogP contribution in [-0.4, -0.2) is 14.8 Å². The van der Waals surface area contributed by atoms with E-state index in [4.69, 9.17) is 17.4 Å². The molecule has 14 heavy (non-hydrogen) atoms. The maximum atomic E-state index is 5.73. The fourth-order valence-corrected chi connectivity index (χ4v) is 1.19. The van der Waals surface area contributed by atoms with E-state index in [0.29, 0.717) is 16.7 Å². The molecule has 6 heteroatoms. The van der Waals surface area contributed by atoms with E-state index < -0.39 is 0 Å². The number of hydrogen-bond donors (Lipinski definition) is 2. The van der Waals surface area contributed by atoms with Crippen molar-refractivity contribution in [1.29, 1.82) is 0 Å². The molecule has 0 aliphatic heterocycles. The first-order valence-corrected chi connectivity index (χ1v) is 4.31. The molecule has 0 saturated carbocycles. The van der Waals surface area contributed by atoms with Crippen LogP contribution in [0.3, 0.4) is 0 Å². The van der Waals surface area contributed by atoms with Crippen molar-refractivity contribution < 1.29 is 0 Å². The van der Waals surface area contributed by atoms with Gasteiger partial charge in [-0.15, -0.1) is 0 Å². The second kappa shape index (κ2) is 3.65. The van der Waals surface area contributed by atoms with Gasteiger partial charge in [0.25, 0.3) is 0 Å². The first-order chi connectivity index (χ1) is 6.79. The Balaban J connectivity index is 2.41. The van der Waals surface area contributed by atoms with E-state index in [2.05, 4.69) is 15.5 Å². The Morgan fingerprint density at radius 3 is 2.93 bits per heavy atom. The third-order valence-electron chi connectivity index (χ3n) is 1.67. The minimum atomic E-state index is 0.568. The molecule has 2 aromatic rings. The molecule has 2 aromatic heterocycles. The van der Waals surface area contributed by atoms with Crippen molar-refractivity contribution in [1.82, 2.24) is 14.8 Å². The van der Waals surface area contributed by atoms with Gasteiger partial charge in [0, 0.05) is 0 Å². The standard InChI is InChI=1S/C8H8ClN5/c9-6-4-11-14(5-6)8-3-1-2-7(12-8)13-10/h1-5H,10H2,(H,12,13). The van der Waals surface area contributed by atoms with Gasteiger partial charge in [-0.3, -0.25) is 0 Å². The number of nitrogen functional groups attached to an aromatic ring is 1. The summed E-state index contributed by atoms with van der Waals surface area (Å²) in [5.41, 5.74) is 2.46. The van der Waals surface area contributed by atoms with Crippen LogP contribution in [0.5, 0.6) is 0 Å². The van der Waals surface area contributed by atoms with Crippen molar-refractivity contribution in [3.05, 3.63) is 35.6 Å². The highest BCUT2D eigenvalue weighted by atomic mass is 35.5. The van der Waals surface area contributed by atoms with E-state index in [1.54, 1.807) is 23.1 Å². The van der Waals surface area contributed by atoms with E-state index >= 15 is 0 Å². The lowest BCUT2D eigenvalue weighted by Gasteiger charge is -2.02. The molecule has 0 spiro atoms. The van der Waals surface area contributed by atoms with Crippen LogP contribution < -0.4 is 11.3 Å². The molecule has 2 rings (SSSR count). The van der Waals surface area contributed by atoms with Crippen LogP contribution >= 0.6 is 11.6 Å². The quantitative estimate of drug-likeness (QED) is 0.576.